The molecule has 1 aliphatic heterocycles. The number of ether oxygens (including phenoxy) is 3. The molecule has 1 aliphatic rings. The van der Waals surface area contributed by atoms with E-state index >= 15 is 0 Å². The molecule has 0 spiro atoms. The monoisotopic (exact) mass is 433 g/mol. The third kappa shape index (κ3) is 5.15. The molecule has 8 nitrogen and oxygen atoms in total. The van der Waals surface area contributed by atoms with Gasteiger partial charge < -0.3 is 24.4 Å². The standard InChI is InChI=1S/C21H27N3O5S/c1-27-16-11-14(12-17(28-2)19(16)29-3)13-22-20(25)15-6-8-24(9-7-15)21(26)23-18-5-4-10-30-18/h4-5,10-12,15H,6-9,13H2,1-3H3,(H,22,25)(H,23,26). The van der Waals surface area contributed by atoms with Crippen molar-refractivity contribution in [2.45, 2.75) is 19.4 Å². The number of rotatable bonds is 7. The van der Waals surface area contributed by atoms with Gasteiger partial charge in [0.1, 0.15) is 0 Å². The fourth-order valence-corrected chi connectivity index (χ4v) is 4.06. The first-order chi connectivity index (χ1) is 14.5. The minimum atomic E-state index is -0.117. The number of nitrogens with zero attached hydrogens (tertiary/aromatic N) is 1. The van der Waals surface area contributed by atoms with Crippen molar-refractivity contribution in [2.24, 2.45) is 5.92 Å². The van der Waals surface area contributed by atoms with Crippen LogP contribution < -0.4 is 24.8 Å². The number of carbonyl (C=O) groups excluding carboxylic acids is 2. The summed E-state index contributed by atoms with van der Waals surface area (Å²) in [5, 5.41) is 8.61. The van der Waals surface area contributed by atoms with E-state index in [0.29, 0.717) is 49.7 Å². The van der Waals surface area contributed by atoms with E-state index in [0.717, 1.165) is 10.6 Å². The molecule has 30 heavy (non-hydrogen) atoms. The molecule has 1 aromatic heterocycles. The van der Waals surface area contributed by atoms with Gasteiger partial charge in [-0.2, -0.15) is 0 Å². The number of piperidine rings is 1. The molecule has 2 N–H and O–H groups in total. The molecule has 1 saturated heterocycles. The summed E-state index contributed by atoms with van der Waals surface area (Å²) in [7, 11) is 4.67. The van der Waals surface area contributed by atoms with Crippen LogP contribution in [0.3, 0.4) is 0 Å². The molecule has 0 radical (unpaired) electrons. The second-order valence-corrected chi connectivity index (χ2v) is 7.87. The van der Waals surface area contributed by atoms with E-state index in [2.05, 4.69) is 10.6 Å². The van der Waals surface area contributed by atoms with Crippen LogP contribution in [0, 0.1) is 5.92 Å². The summed E-state index contributed by atoms with van der Waals surface area (Å²) in [6, 6.07) is 7.28. The van der Waals surface area contributed by atoms with E-state index in [1.165, 1.54) is 11.3 Å². The normalized spacial score (nSPS) is 14.2. The van der Waals surface area contributed by atoms with Crippen molar-refractivity contribution in [1.29, 1.82) is 0 Å². The van der Waals surface area contributed by atoms with E-state index in [1.807, 2.05) is 29.6 Å². The van der Waals surface area contributed by atoms with Gasteiger partial charge in [0, 0.05) is 25.6 Å². The Labute approximate surface area is 180 Å². The number of carbonyl (C=O) groups is 2. The van der Waals surface area contributed by atoms with E-state index < -0.39 is 0 Å². The average molecular weight is 434 g/mol. The summed E-state index contributed by atoms with van der Waals surface area (Å²) < 4.78 is 16.0. The number of hydrogen-bond donors (Lipinski definition) is 2. The molecule has 2 heterocycles. The van der Waals surface area contributed by atoms with Crippen molar-refractivity contribution in [3.8, 4) is 17.2 Å². The minimum absolute atomic E-state index is 0.0120. The highest BCUT2D eigenvalue weighted by atomic mass is 32.1. The highest BCUT2D eigenvalue weighted by molar-refractivity contribution is 7.14. The number of likely N-dealkylation sites (tertiary alicyclic amines) is 1. The summed E-state index contributed by atoms with van der Waals surface area (Å²) in [5.41, 5.74) is 0.852. The molecule has 162 valence electrons. The van der Waals surface area contributed by atoms with Crippen LogP contribution in [0.2, 0.25) is 0 Å². The lowest BCUT2D eigenvalue weighted by Crippen LogP contribution is -2.44. The Bertz CT molecular complexity index is 839. The van der Waals surface area contributed by atoms with Gasteiger partial charge in [-0.15, -0.1) is 11.3 Å². The predicted molar refractivity (Wildman–Crippen MR) is 116 cm³/mol. The topological polar surface area (TPSA) is 89.1 Å². The first-order valence-corrected chi connectivity index (χ1v) is 10.6. The molecule has 3 amide bonds. The number of urea groups is 1. The summed E-state index contributed by atoms with van der Waals surface area (Å²) in [6.07, 6.45) is 1.28. The van der Waals surface area contributed by atoms with Crippen LogP contribution in [-0.2, 0) is 11.3 Å². The molecule has 0 saturated carbocycles. The zero-order valence-corrected chi connectivity index (χ0v) is 18.2. The molecule has 2 aromatic rings. The van der Waals surface area contributed by atoms with E-state index in [9.17, 15) is 9.59 Å². The van der Waals surface area contributed by atoms with Crippen LogP contribution in [0.25, 0.3) is 0 Å². The van der Waals surface area contributed by atoms with Crippen LogP contribution in [0.4, 0.5) is 9.80 Å². The molecule has 3 rings (SSSR count). The smallest absolute Gasteiger partial charge is 0.322 e. The van der Waals surface area contributed by atoms with Crippen LogP contribution >= 0.6 is 11.3 Å². The Balaban J connectivity index is 1.51. The second-order valence-electron chi connectivity index (χ2n) is 6.92. The molecule has 1 aromatic carbocycles. The highest BCUT2D eigenvalue weighted by Gasteiger charge is 2.27. The lowest BCUT2D eigenvalue weighted by molar-refractivity contribution is -0.126. The lowest BCUT2D eigenvalue weighted by atomic mass is 9.96. The lowest BCUT2D eigenvalue weighted by Gasteiger charge is -2.31. The molecule has 0 atom stereocenters. The van der Waals surface area contributed by atoms with E-state index in [1.54, 1.807) is 26.2 Å². The number of amides is 3. The molecule has 0 unspecified atom stereocenters. The molecule has 9 heteroatoms. The number of benzene rings is 1. The molecular formula is C21H27N3O5S. The van der Waals surface area contributed by atoms with Crippen LogP contribution in [-0.4, -0.2) is 51.3 Å². The van der Waals surface area contributed by atoms with Gasteiger partial charge in [-0.1, -0.05) is 0 Å². The summed E-state index contributed by atoms with van der Waals surface area (Å²) in [5.74, 6) is 1.49. The second kappa shape index (κ2) is 10.2. The van der Waals surface area contributed by atoms with Crippen molar-refractivity contribution < 1.29 is 23.8 Å². The van der Waals surface area contributed by atoms with Crippen molar-refractivity contribution in [3.05, 3.63) is 35.2 Å². The van der Waals surface area contributed by atoms with E-state index in [-0.39, 0.29) is 17.9 Å². The first kappa shape index (κ1) is 21.8. The Morgan fingerprint density at radius 2 is 1.77 bits per heavy atom. The Hall–Kier alpha value is -2.94. The predicted octanol–water partition coefficient (Wildman–Crippen LogP) is 3.33. The minimum Gasteiger partial charge on any atom is -0.493 e. The van der Waals surface area contributed by atoms with Gasteiger partial charge in [0.25, 0.3) is 0 Å². The van der Waals surface area contributed by atoms with Gasteiger partial charge in [-0.05, 0) is 48.1 Å². The third-order valence-electron chi connectivity index (χ3n) is 5.10. The summed E-state index contributed by atoms with van der Waals surface area (Å²) in [4.78, 5) is 26.7. The van der Waals surface area contributed by atoms with Gasteiger partial charge in [-0.3, -0.25) is 10.1 Å². The van der Waals surface area contributed by atoms with Gasteiger partial charge in [0.15, 0.2) is 11.5 Å². The molecule has 1 fully saturated rings. The molecule has 0 aliphatic carbocycles. The fourth-order valence-electron chi connectivity index (χ4n) is 3.45. The maximum atomic E-state index is 12.6. The summed E-state index contributed by atoms with van der Waals surface area (Å²) in [6.45, 7) is 1.47. The average Bonchev–Trinajstić information content (AvgIpc) is 3.29. The summed E-state index contributed by atoms with van der Waals surface area (Å²) >= 11 is 1.48. The molecular weight excluding hydrogens is 406 g/mol. The maximum Gasteiger partial charge on any atom is 0.322 e. The zero-order chi connectivity index (χ0) is 21.5. The highest BCUT2D eigenvalue weighted by Crippen LogP contribution is 2.38. The number of anilines is 1. The van der Waals surface area contributed by atoms with Crippen molar-refractivity contribution in [3.63, 3.8) is 0 Å². The number of methoxy groups -OCH3 is 3. The first-order valence-electron chi connectivity index (χ1n) is 9.71. The maximum absolute atomic E-state index is 12.6. The van der Waals surface area contributed by atoms with Gasteiger partial charge in [0.2, 0.25) is 11.7 Å². The van der Waals surface area contributed by atoms with Crippen LogP contribution in [0.5, 0.6) is 17.2 Å². The fraction of sp³-hybridized carbons (Fsp3) is 0.429. The molecule has 0 bridgehead atoms. The Kier molecular flexibility index (Phi) is 7.40. The van der Waals surface area contributed by atoms with Gasteiger partial charge in [0.05, 0.1) is 26.3 Å². The third-order valence-corrected chi connectivity index (χ3v) is 5.88. The number of hydrogen-bond acceptors (Lipinski definition) is 6. The largest absolute Gasteiger partial charge is 0.493 e. The van der Waals surface area contributed by atoms with Crippen molar-refractivity contribution in [2.75, 3.05) is 39.7 Å². The van der Waals surface area contributed by atoms with Crippen LogP contribution in [0.1, 0.15) is 18.4 Å². The van der Waals surface area contributed by atoms with Crippen LogP contribution in [0.15, 0.2) is 29.6 Å². The SMILES string of the molecule is COc1cc(CNC(=O)C2CCN(C(=O)Nc3cccs3)CC2)cc(OC)c1OC. The Morgan fingerprint density at radius 1 is 1.10 bits per heavy atom. The number of thiophene rings is 1. The van der Waals surface area contributed by atoms with Crippen molar-refractivity contribution in [1.82, 2.24) is 10.2 Å². The van der Waals surface area contributed by atoms with Gasteiger partial charge in [-0.25, -0.2) is 4.79 Å². The van der Waals surface area contributed by atoms with Gasteiger partial charge >= 0.3 is 6.03 Å². The zero-order valence-electron chi connectivity index (χ0n) is 17.4. The quantitative estimate of drug-likeness (QED) is 0.699. The number of nitrogens with one attached hydrogen (secondary N) is 2. The van der Waals surface area contributed by atoms with E-state index in [4.69, 9.17) is 14.2 Å². The van der Waals surface area contributed by atoms with Crippen molar-refractivity contribution >= 4 is 28.3 Å². The Morgan fingerprint density at radius 3 is 2.30 bits per heavy atom.